The van der Waals surface area contributed by atoms with Crippen molar-refractivity contribution in [3.8, 4) is 45.3 Å². The number of anilines is 1. The molecule has 11 rings (SSSR count). The van der Waals surface area contributed by atoms with Crippen LogP contribution < -0.4 is 24.3 Å². The molecule has 1 aliphatic heterocycles. The number of hydrogen-bond acceptors (Lipinski definition) is 5. The Hall–Kier alpha value is -7.57. The summed E-state index contributed by atoms with van der Waals surface area (Å²) in [6, 6.07) is 57.2. The van der Waals surface area contributed by atoms with E-state index in [4.69, 9.17) is 18.9 Å². The topological polar surface area (TPSA) is 66.0 Å². The number of benzene rings is 8. The molecule has 77 heavy (non-hydrogen) atoms. The first kappa shape index (κ1) is 51.5. The minimum absolute atomic E-state index is 0.159. The second-order valence-electron chi connectivity index (χ2n) is 22.5. The van der Waals surface area contributed by atoms with Gasteiger partial charge in [-0.05, 0) is 172 Å². The first-order chi connectivity index (χ1) is 37.5. The Morgan fingerprint density at radius 2 is 1.29 bits per heavy atom. The van der Waals surface area contributed by atoms with Crippen LogP contribution in [0.3, 0.4) is 0 Å². The monoisotopic (exact) mass is 1020 g/mol. The molecule has 1 saturated carbocycles. The Kier molecular flexibility index (Phi) is 14.6. The Labute approximate surface area is 456 Å². The molecular formula is C71H73NO5. The maximum Gasteiger partial charge on any atom is 0.255 e. The summed E-state index contributed by atoms with van der Waals surface area (Å²) >= 11 is 0. The lowest BCUT2D eigenvalue weighted by atomic mass is 9.73. The van der Waals surface area contributed by atoms with Crippen molar-refractivity contribution in [1.29, 1.82) is 0 Å². The van der Waals surface area contributed by atoms with Crippen molar-refractivity contribution >= 4 is 27.9 Å². The van der Waals surface area contributed by atoms with Crippen LogP contribution in [0, 0.1) is 11.8 Å². The number of carbonyl (C=O) groups excluding carboxylic acids is 1. The molecule has 1 unspecified atom stereocenters. The molecule has 1 amide bonds. The van der Waals surface area contributed by atoms with Gasteiger partial charge in [0.2, 0.25) is 0 Å². The Bertz CT molecular complexity index is 3420. The maximum absolute atomic E-state index is 14.0. The van der Waals surface area contributed by atoms with Gasteiger partial charge >= 0.3 is 0 Å². The first-order valence-corrected chi connectivity index (χ1v) is 28.2. The van der Waals surface area contributed by atoms with E-state index in [-0.39, 0.29) is 11.3 Å². The quantitative estimate of drug-likeness (QED) is 0.0921. The highest BCUT2D eigenvalue weighted by Crippen LogP contribution is 2.61. The minimum atomic E-state index is -1.11. The van der Waals surface area contributed by atoms with Crippen molar-refractivity contribution in [2.24, 2.45) is 11.8 Å². The van der Waals surface area contributed by atoms with Crippen LogP contribution in [-0.4, -0.2) is 26.7 Å². The summed E-state index contributed by atoms with van der Waals surface area (Å²) in [7, 11) is 3.41. The molecular weight excluding hydrogens is 947 g/mol. The Morgan fingerprint density at radius 1 is 0.662 bits per heavy atom. The smallest absolute Gasteiger partial charge is 0.255 e. The normalized spacial score (nSPS) is 18.5. The van der Waals surface area contributed by atoms with Gasteiger partial charge in [-0.25, -0.2) is 0 Å². The summed E-state index contributed by atoms with van der Waals surface area (Å²) in [6.07, 6.45) is 14.1. The molecule has 8 aromatic carbocycles. The standard InChI is InChI=1S/C71H73NO5/c1-8-10-11-14-47-17-19-48(20-18-47)49-21-23-50(24-22-49)51-25-27-53(28-26-51)69(73)72-56-35-29-52(30-36-56)63-44-71(54-31-37-57(74-6)38-32-54,55-33-39-58(40-34-55)76-45-46(3)9-2)77-68-62-43-59(75-7)41-42-60(62)65-61-15-12-13-16-64(61)70(4,5)67(65)66(63)68/h12-13,15-16,21-44,46-48H,8-11,14,17-20,45H2,1-7H3,(H,72,73)/t46-,47?,48?,71?/m0/s1. The Balaban J connectivity index is 0.953. The minimum Gasteiger partial charge on any atom is -0.497 e. The summed E-state index contributed by atoms with van der Waals surface area (Å²) in [5.41, 5.74) is 13.3. The zero-order chi connectivity index (χ0) is 53.3. The third kappa shape index (κ3) is 9.93. The van der Waals surface area contributed by atoms with Crippen LogP contribution in [0.15, 0.2) is 170 Å². The number of ether oxygens (including phenoxy) is 4. The summed E-state index contributed by atoms with van der Waals surface area (Å²) in [6.45, 7) is 12.0. The van der Waals surface area contributed by atoms with Crippen LogP contribution in [0.5, 0.6) is 23.0 Å². The lowest BCUT2D eigenvalue weighted by molar-refractivity contribution is 0.102. The average Bonchev–Trinajstić information content (AvgIpc) is 4.03. The van der Waals surface area contributed by atoms with Crippen molar-refractivity contribution < 1.29 is 23.7 Å². The van der Waals surface area contributed by atoms with E-state index in [0.29, 0.717) is 29.7 Å². The highest BCUT2D eigenvalue weighted by Gasteiger charge is 2.47. The number of unbranched alkanes of at least 4 members (excludes halogenated alkanes) is 2. The molecule has 0 aromatic heterocycles. The van der Waals surface area contributed by atoms with Gasteiger partial charge in [0.05, 0.1) is 20.8 Å². The van der Waals surface area contributed by atoms with Gasteiger partial charge in [-0.1, -0.05) is 164 Å². The maximum atomic E-state index is 14.0. The molecule has 1 fully saturated rings. The SMILES string of the molecule is CCCCCC1CCC(c2ccc(-c3ccc(C(=O)Nc4ccc(C5=CC(c6ccc(OC)cc6)(c6ccc(OC[C@@H](C)CC)cc6)Oc6c5c5c(c7ccc(OC)cc67)-c6ccccc6C5(C)C)cc4)cc3)cc2)CC1. The number of rotatable bonds is 17. The fraction of sp³-hybridized carbons (Fsp3) is 0.310. The van der Waals surface area contributed by atoms with Crippen LogP contribution in [0.25, 0.3) is 38.6 Å². The second-order valence-corrected chi connectivity index (χ2v) is 22.5. The predicted molar refractivity (Wildman–Crippen MR) is 316 cm³/mol. The highest BCUT2D eigenvalue weighted by molar-refractivity contribution is 6.11. The van der Waals surface area contributed by atoms with Crippen LogP contribution in [0.1, 0.15) is 148 Å². The molecule has 0 bridgehead atoms. The third-order valence-electron chi connectivity index (χ3n) is 17.3. The predicted octanol–water partition coefficient (Wildman–Crippen LogP) is 18.1. The molecule has 0 saturated heterocycles. The van der Waals surface area contributed by atoms with Gasteiger partial charge in [0.15, 0.2) is 5.60 Å². The fourth-order valence-electron chi connectivity index (χ4n) is 12.5. The molecule has 0 spiro atoms. The summed E-state index contributed by atoms with van der Waals surface area (Å²) in [5.74, 6) is 4.92. The largest absolute Gasteiger partial charge is 0.497 e. The van der Waals surface area contributed by atoms with Gasteiger partial charge in [0, 0.05) is 38.7 Å². The van der Waals surface area contributed by atoms with E-state index >= 15 is 0 Å². The van der Waals surface area contributed by atoms with Crippen LogP contribution in [-0.2, 0) is 11.0 Å². The van der Waals surface area contributed by atoms with E-state index in [0.717, 1.165) is 85.1 Å². The van der Waals surface area contributed by atoms with Gasteiger partial charge in [-0.15, -0.1) is 0 Å². The number of amides is 1. The number of hydrogen-bond donors (Lipinski definition) is 1. The zero-order valence-corrected chi connectivity index (χ0v) is 46.0. The summed E-state index contributed by atoms with van der Waals surface area (Å²) < 4.78 is 25.8. The van der Waals surface area contributed by atoms with Gasteiger partial charge in [0.1, 0.15) is 23.0 Å². The van der Waals surface area contributed by atoms with Crippen LogP contribution >= 0.6 is 0 Å². The van der Waals surface area contributed by atoms with E-state index in [9.17, 15) is 4.79 Å². The number of nitrogens with one attached hydrogen (secondary N) is 1. The highest BCUT2D eigenvalue weighted by atomic mass is 16.5. The molecule has 2 atom stereocenters. The molecule has 6 nitrogen and oxygen atoms in total. The average molecular weight is 1020 g/mol. The number of carbonyl (C=O) groups is 1. The van der Waals surface area contributed by atoms with Crippen molar-refractivity contribution in [2.75, 3.05) is 26.1 Å². The van der Waals surface area contributed by atoms with E-state index in [1.165, 1.54) is 79.2 Å². The molecule has 2 aliphatic carbocycles. The molecule has 392 valence electrons. The second kappa shape index (κ2) is 21.8. The van der Waals surface area contributed by atoms with E-state index in [2.05, 4.69) is 173 Å². The van der Waals surface area contributed by atoms with Crippen LogP contribution in [0.4, 0.5) is 5.69 Å². The number of methoxy groups -OCH3 is 2. The molecule has 0 radical (unpaired) electrons. The molecule has 8 aromatic rings. The van der Waals surface area contributed by atoms with Crippen molar-refractivity contribution in [3.05, 3.63) is 214 Å². The zero-order valence-electron chi connectivity index (χ0n) is 46.0. The molecule has 3 aliphatic rings. The van der Waals surface area contributed by atoms with Crippen molar-refractivity contribution in [3.63, 3.8) is 0 Å². The molecule has 1 N–H and O–H groups in total. The van der Waals surface area contributed by atoms with E-state index in [1.54, 1.807) is 14.2 Å². The van der Waals surface area contributed by atoms with E-state index < -0.39 is 5.60 Å². The van der Waals surface area contributed by atoms with Gasteiger partial charge in [-0.2, -0.15) is 0 Å². The lowest BCUT2D eigenvalue weighted by Gasteiger charge is -2.41. The molecule has 6 heteroatoms. The van der Waals surface area contributed by atoms with Crippen LogP contribution in [0.2, 0.25) is 0 Å². The van der Waals surface area contributed by atoms with Gasteiger partial charge in [0.25, 0.3) is 5.91 Å². The van der Waals surface area contributed by atoms with Gasteiger partial charge in [-0.3, -0.25) is 4.79 Å². The fourth-order valence-corrected chi connectivity index (χ4v) is 12.5. The lowest BCUT2D eigenvalue weighted by Crippen LogP contribution is -2.36. The van der Waals surface area contributed by atoms with Crippen molar-refractivity contribution in [1.82, 2.24) is 0 Å². The third-order valence-corrected chi connectivity index (χ3v) is 17.3. The Morgan fingerprint density at radius 3 is 1.94 bits per heavy atom. The van der Waals surface area contributed by atoms with Gasteiger partial charge < -0.3 is 24.3 Å². The summed E-state index contributed by atoms with van der Waals surface area (Å²) in [4.78, 5) is 14.0. The first-order valence-electron chi connectivity index (χ1n) is 28.2. The van der Waals surface area contributed by atoms with Crippen molar-refractivity contribution in [2.45, 2.75) is 109 Å². The number of fused-ring (bicyclic) bond motifs is 8. The van der Waals surface area contributed by atoms with E-state index in [1.807, 2.05) is 36.4 Å². The summed E-state index contributed by atoms with van der Waals surface area (Å²) in [5, 5.41) is 5.27. The molecule has 1 heterocycles.